The Balaban J connectivity index is 0.000000641. The van der Waals surface area contributed by atoms with E-state index < -0.39 is 0 Å². The number of hydrogen-bond acceptors (Lipinski definition) is 1. The van der Waals surface area contributed by atoms with Crippen molar-refractivity contribution in [2.75, 3.05) is 5.73 Å². The Bertz CT molecular complexity index is 594. The Morgan fingerprint density at radius 1 is 1.20 bits per heavy atom. The van der Waals surface area contributed by atoms with Gasteiger partial charge >= 0.3 is 0 Å². The summed E-state index contributed by atoms with van der Waals surface area (Å²) < 4.78 is 13.4. The molecule has 0 aliphatic carbocycles. The largest absolute Gasteiger partial charge is 0.399 e. The minimum Gasteiger partial charge on any atom is -0.399 e. The van der Waals surface area contributed by atoms with Crippen LogP contribution in [-0.4, -0.2) is 0 Å². The average Bonchev–Trinajstić information content (AvgIpc) is 2.42. The van der Waals surface area contributed by atoms with Crippen molar-refractivity contribution in [3.05, 3.63) is 41.2 Å². The van der Waals surface area contributed by atoms with E-state index in [2.05, 4.69) is 19.8 Å². The number of terminal acetylenes is 1. The zero-order valence-corrected chi connectivity index (χ0v) is 13.0. The maximum atomic E-state index is 13.4. The summed E-state index contributed by atoms with van der Waals surface area (Å²) in [5.41, 5.74) is 7.58. The van der Waals surface area contributed by atoms with Crippen LogP contribution >= 0.6 is 0 Å². The number of nitrogen functional groups attached to an aromatic ring is 1. The number of halogens is 1. The Morgan fingerprint density at radius 2 is 1.75 bits per heavy atom. The molecule has 0 aliphatic heterocycles. The van der Waals surface area contributed by atoms with Crippen LogP contribution in [0.1, 0.15) is 45.2 Å². The number of nitrogens with two attached hydrogens (primary N) is 1. The molecule has 2 heteroatoms. The standard InChI is InChI=1S/C13H10FN.C3H8.C2H6/c1-3-11-12(14)5-4-9-7-10(15)6-8(2)13(9)11;1-3-2;1-2/h1,4-7H,15H2,2H3;3H2,1-2H3;1-2H3. The van der Waals surface area contributed by atoms with Crippen LogP contribution in [-0.2, 0) is 0 Å². The topological polar surface area (TPSA) is 26.0 Å². The van der Waals surface area contributed by atoms with Crippen molar-refractivity contribution < 1.29 is 4.39 Å². The molecular formula is C18H24FN. The van der Waals surface area contributed by atoms with Gasteiger partial charge in [0.1, 0.15) is 5.82 Å². The molecule has 2 aromatic rings. The molecule has 0 saturated carbocycles. The van der Waals surface area contributed by atoms with E-state index in [9.17, 15) is 4.39 Å². The summed E-state index contributed by atoms with van der Waals surface area (Å²) >= 11 is 0. The first kappa shape index (κ1) is 18.0. The van der Waals surface area contributed by atoms with Gasteiger partial charge < -0.3 is 5.73 Å². The Kier molecular flexibility index (Phi) is 8.08. The van der Waals surface area contributed by atoms with E-state index in [4.69, 9.17) is 12.2 Å². The molecule has 2 aromatic carbocycles. The van der Waals surface area contributed by atoms with Gasteiger partial charge in [0.15, 0.2) is 0 Å². The fraction of sp³-hybridized carbons (Fsp3) is 0.333. The first-order chi connectivity index (χ1) is 9.54. The number of rotatable bonds is 0. The van der Waals surface area contributed by atoms with E-state index >= 15 is 0 Å². The van der Waals surface area contributed by atoms with Gasteiger partial charge in [0.2, 0.25) is 0 Å². The normalized spacial score (nSPS) is 8.85. The second-order valence-electron chi connectivity index (χ2n) is 4.21. The molecule has 1 nitrogen and oxygen atoms in total. The van der Waals surface area contributed by atoms with Gasteiger partial charge in [-0.25, -0.2) is 4.39 Å². The molecule has 0 aromatic heterocycles. The van der Waals surface area contributed by atoms with Gasteiger partial charge in [-0.05, 0) is 36.1 Å². The lowest BCUT2D eigenvalue weighted by molar-refractivity contribution is 0.626. The summed E-state index contributed by atoms with van der Waals surface area (Å²) in [5.74, 6) is 2.02. The van der Waals surface area contributed by atoms with E-state index in [-0.39, 0.29) is 5.82 Å². The fourth-order valence-electron chi connectivity index (χ4n) is 1.82. The lowest BCUT2D eigenvalue weighted by atomic mass is 9.99. The van der Waals surface area contributed by atoms with Crippen LogP contribution in [0.4, 0.5) is 10.1 Å². The van der Waals surface area contributed by atoms with Crippen LogP contribution < -0.4 is 5.73 Å². The van der Waals surface area contributed by atoms with Crippen molar-refractivity contribution in [1.82, 2.24) is 0 Å². The first-order valence-electron chi connectivity index (χ1n) is 7.00. The summed E-state index contributed by atoms with van der Waals surface area (Å²) in [4.78, 5) is 0. The van der Waals surface area contributed by atoms with Gasteiger partial charge in [0.25, 0.3) is 0 Å². The molecule has 0 saturated heterocycles. The van der Waals surface area contributed by atoms with Crippen molar-refractivity contribution in [1.29, 1.82) is 0 Å². The smallest absolute Gasteiger partial charge is 0.139 e. The van der Waals surface area contributed by atoms with Gasteiger partial charge in [-0.1, -0.05) is 46.1 Å². The lowest BCUT2D eigenvalue weighted by Gasteiger charge is -2.07. The molecule has 20 heavy (non-hydrogen) atoms. The molecule has 0 amide bonds. The van der Waals surface area contributed by atoms with Crippen molar-refractivity contribution in [2.45, 2.75) is 41.0 Å². The summed E-state index contributed by atoms with van der Waals surface area (Å²) in [6.07, 6.45) is 6.55. The second kappa shape index (κ2) is 8.98. The molecule has 0 radical (unpaired) electrons. The van der Waals surface area contributed by atoms with E-state index in [0.29, 0.717) is 11.3 Å². The summed E-state index contributed by atoms with van der Waals surface area (Å²) in [7, 11) is 0. The van der Waals surface area contributed by atoms with Crippen LogP contribution in [0.3, 0.4) is 0 Å². The van der Waals surface area contributed by atoms with E-state index in [1.807, 2.05) is 20.8 Å². The molecule has 0 heterocycles. The number of hydrogen-bond donors (Lipinski definition) is 1. The highest BCUT2D eigenvalue weighted by Crippen LogP contribution is 2.26. The molecule has 2 rings (SSSR count). The summed E-state index contributed by atoms with van der Waals surface area (Å²) in [6.45, 7) is 10.1. The lowest BCUT2D eigenvalue weighted by Crippen LogP contribution is -1.92. The highest BCUT2D eigenvalue weighted by atomic mass is 19.1. The monoisotopic (exact) mass is 273 g/mol. The summed E-state index contributed by atoms with van der Waals surface area (Å²) in [6, 6.07) is 6.65. The zero-order valence-electron chi connectivity index (χ0n) is 13.0. The predicted molar refractivity (Wildman–Crippen MR) is 88.3 cm³/mol. The van der Waals surface area contributed by atoms with Crippen LogP contribution in [0, 0.1) is 25.1 Å². The number of anilines is 1. The average molecular weight is 273 g/mol. The molecule has 0 unspecified atom stereocenters. The van der Waals surface area contributed by atoms with E-state index in [0.717, 1.165) is 16.3 Å². The number of fused-ring (bicyclic) bond motifs is 1. The third-order valence-corrected chi connectivity index (χ3v) is 2.43. The van der Waals surface area contributed by atoms with Gasteiger partial charge in [0.05, 0.1) is 5.56 Å². The highest BCUT2D eigenvalue weighted by molar-refractivity contribution is 5.93. The molecule has 108 valence electrons. The third kappa shape index (κ3) is 4.28. The molecule has 0 spiro atoms. The quantitative estimate of drug-likeness (QED) is 0.512. The molecule has 0 aliphatic rings. The maximum absolute atomic E-state index is 13.4. The second-order valence-corrected chi connectivity index (χ2v) is 4.21. The molecule has 2 N–H and O–H groups in total. The number of benzene rings is 2. The fourth-order valence-corrected chi connectivity index (χ4v) is 1.82. The maximum Gasteiger partial charge on any atom is 0.139 e. The Hall–Kier alpha value is -2.01. The van der Waals surface area contributed by atoms with Crippen molar-refractivity contribution in [3.8, 4) is 12.3 Å². The van der Waals surface area contributed by atoms with Crippen LogP contribution in [0.15, 0.2) is 24.3 Å². The Morgan fingerprint density at radius 3 is 2.25 bits per heavy atom. The first-order valence-corrected chi connectivity index (χ1v) is 7.00. The van der Waals surface area contributed by atoms with Gasteiger partial charge in [-0.15, -0.1) is 6.42 Å². The minimum absolute atomic E-state index is 0.310. The van der Waals surface area contributed by atoms with E-state index in [1.165, 1.54) is 12.5 Å². The molecular weight excluding hydrogens is 249 g/mol. The molecule has 0 bridgehead atoms. The Labute approximate surface area is 122 Å². The van der Waals surface area contributed by atoms with Crippen molar-refractivity contribution >= 4 is 16.5 Å². The minimum atomic E-state index is -0.363. The van der Waals surface area contributed by atoms with Gasteiger partial charge in [-0.3, -0.25) is 0 Å². The third-order valence-electron chi connectivity index (χ3n) is 2.43. The molecule has 0 atom stereocenters. The van der Waals surface area contributed by atoms with Crippen LogP contribution in [0.2, 0.25) is 0 Å². The van der Waals surface area contributed by atoms with Gasteiger partial charge in [0, 0.05) is 11.1 Å². The predicted octanol–water partition coefficient (Wildman–Crippen LogP) is 5.29. The zero-order chi connectivity index (χ0) is 15.7. The van der Waals surface area contributed by atoms with Gasteiger partial charge in [-0.2, -0.15) is 0 Å². The highest BCUT2D eigenvalue weighted by Gasteiger charge is 2.08. The summed E-state index contributed by atoms with van der Waals surface area (Å²) in [5, 5.41) is 1.65. The molecule has 0 fully saturated rings. The van der Waals surface area contributed by atoms with E-state index in [1.54, 1.807) is 18.2 Å². The van der Waals surface area contributed by atoms with Crippen LogP contribution in [0.25, 0.3) is 10.8 Å². The van der Waals surface area contributed by atoms with Crippen molar-refractivity contribution in [3.63, 3.8) is 0 Å². The van der Waals surface area contributed by atoms with Crippen molar-refractivity contribution in [2.24, 2.45) is 0 Å². The SMILES string of the molecule is C#Cc1c(F)ccc2cc(N)cc(C)c12.CC.CCC. The van der Waals surface area contributed by atoms with Crippen LogP contribution in [0.5, 0.6) is 0 Å². The number of aryl methyl sites for hydroxylation is 1.